The van der Waals surface area contributed by atoms with Gasteiger partial charge in [-0.3, -0.25) is 4.90 Å². The highest BCUT2D eigenvalue weighted by atomic mass is 19.1. The zero-order valence-electron chi connectivity index (χ0n) is 15.1. The van der Waals surface area contributed by atoms with E-state index in [4.69, 9.17) is 9.47 Å². The third-order valence-electron chi connectivity index (χ3n) is 3.27. The summed E-state index contributed by atoms with van der Waals surface area (Å²) in [6.45, 7) is 8.95. The van der Waals surface area contributed by atoms with Crippen molar-refractivity contribution < 1.29 is 23.5 Å². The first kappa shape index (κ1) is 19.9. The smallest absolute Gasteiger partial charge is 0.410 e. The monoisotopic (exact) mass is 339 g/mol. The van der Waals surface area contributed by atoms with E-state index in [0.717, 1.165) is 0 Å². The molecule has 0 aromatic heterocycles. The first-order valence-corrected chi connectivity index (χ1v) is 7.88. The van der Waals surface area contributed by atoms with Crippen LogP contribution in [0.1, 0.15) is 40.2 Å². The van der Waals surface area contributed by atoms with E-state index >= 15 is 0 Å². The second-order valence-electron chi connectivity index (χ2n) is 7.01. The molecule has 1 aromatic carbocycles. The van der Waals surface area contributed by atoms with Gasteiger partial charge in [0, 0.05) is 7.05 Å². The molecule has 0 radical (unpaired) electrons. The van der Waals surface area contributed by atoms with Crippen LogP contribution in [0.5, 0.6) is 0 Å². The van der Waals surface area contributed by atoms with E-state index in [1.54, 1.807) is 32.9 Å². The summed E-state index contributed by atoms with van der Waals surface area (Å²) in [5.41, 5.74) is 0.0254. The van der Waals surface area contributed by atoms with Crippen LogP contribution >= 0.6 is 0 Å². The van der Waals surface area contributed by atoms with Crippen LogP contribution in [0.15, 0.2) is 24.3 Å². The number of nitrogens with zero attached hydrogens (tertiary/aromatic N) is 1. The summed E-state index contributed by atoms with van der Waals surface area (Å²) in [7, 11) is 1.51. The zero-order chi connectivity index (χ0) is 18.5. The van der Waals surface area contributed by atoms with Crippen molar-refractivity contribution in [3.05, 3.63) is 35.6 Å². The lowest BCUT2D eigenvalue weighted by atomic mass is 10.0. The minimum absolute atomic E-state index is 0.0183. The van der Waals surface area contributed by atoms with Gasteiger partial charge in [-0.25, -0.2) is 14.0 Å². The van der Waals surface area contributed by atoms with Crippen LogP contribution in [-0.4, -0.2) is 35.7 Å². The summed E-state index contributed by atoms with van der Waals surface area (Å²) in [6, 6.07) is 4.93. The fourth-order valence-corrected chi connectivity index (χ4v) is 2.15. The Balaban J connectivity index is 2.74. The zero-order valence-corrected chi connectivity index (χ0v) is 15.1. The number of amides is 1. The van der Waals surface area contributed by atoms with Gasteiger partial charge in [0.05, 0.1) is 0 Å². The first-order chi connectivity index (χ1) is 11.0. The lowest BCUT2D eigenvalue weighted by Crippen LogP contribution is -2.48. The van der Waals surface area contributed by atoms with E-state index in [1.807, 2.05) is 13.8 Å². The molecule has 1 rings (SSSR count). The summed E-state index contributed by atoms with van der Waals surface area (Å²) < 4.78 is 23.5. The molecule has 134 valence electrons. The molecular weight excluding hydrogens is 313 g/mol. The first-order valence-electron chi connectivity index (χ1n) is 7.88. The average molecular weight is 339 g/mol. The fourth-order valence-electron chi connectivity index (χ4n) is 2.15. The standard InChI is InChI=1S/C18H26FNO4/c1-12(2)15(20(6)17(22)24-18(3,4)5)16(21)23-11-13-7-9-14(19)10-8-13/h7-10,12,15H,11H2,1-6H3/t15-/m1/s1. The number of carbonyl (C=O) groups excluding carboxylic acids is 2. The molecule has 5 nitrogen and oxygen atoms in total. The van der Waals surface area contributed by atoms with Crippen molar-refractivity contribution in [3.8, 4) is 0 Å². The summed E-state index contributed by atoms with van der Waals surface area (Å²) in [5, 5.41) is 0. The molecule has 0 unspecified atom stereocenters. The lowest BCUT2D eigenvalue weighted by molar-refractivity contribution is -0.152. The van der Waals surface area contributed by atoms with Crippen LogP contribution in [0.3, 0.4) is 0 Å². The van der Waals surface area contributed by atoms with Crippen molar-refractivity contribution >= 4 is 12.1 Å². The number of likely N-dealkylation sites (N-methyl/N-ethyl adjacent to an activating group) is 1. The summed E-state index contributed by atoms with van der Waals surface area (Å²) in [4.78, 5) is 25.8. The van der Waals surface area contributed by atoms with E-state index < -0.39 is 23.7 Å². The van der Waals surface area contributed by atoms with E-state index in [9.17, 15) is 14.0 Å². The van der Waals surface area contributed by atoms with Crippen molar-refractivity contribution in [2.45, 2.75) is 52.9 Å². The Morgan fingerprint density at radius 2 is 1.71 bits per heavy atom. The van der Waals surface area contributed by atoms with E-state index in [0.29, 0.717) is 5.56 Å². The predicted molar refractivity (Wildman–Crippen MR) is 88.8 cm³/mol. The number of halogens is 1. The van der Waals surface area contributed by atoms with Crippen LogP contribution in [0.25, 0.3) is 0 Å². The Kier molecular flexibility index (Phi) is 6.75. The van der Waals surface area contributed by atoms with E-state index in [1.165, 1.54) is 24.1 Å². The number of ether oxygens (including phenoxy) is 2. The summed E-state index contributed by atoms with van der Waals surface area (Å²) in [5.74, 6) is -1.03. The highest BCUT2D eigenvalue weighted by molar-refractivity contribution is 5.81. The third-order valence-corrected chi connectivity index (χ3v) is 3.27. The van der Waals surface area contributed by atoms with Crippen molar-refractivity contribution in [1.29, 1.82) is 0 Å². The molecule has 1 aromatic rings. The second-order valence-corrected chi connectivity index (χ2v) is 7.01. The number of hydrogen-bond acceptors (Lipinski definition) is 4. The average Bonchev–Trinajstić information content (AvgIpc) is 2.44. The molecule has 0 spiro atoms. The highest BCUT2D eigenvalue weighted by Crippen LogP contribution is 2.17. The molecule has 0 saturated carbocycles. The van der Waals surface area contributed by atoms with Crippen molar-refractivity contribution in [2.24, 2.45) is 5.92 Å². The topological polar surface area (TPSA) is 55.8 Å². The van der Waals surface area contributed by atoms with Crippen molar-refractivity contribution in [1.82, 2.24) is 4.90 Å². The third kappa shape index (κ3) is 6.18. The quantitative estimate of drug-likeness (QED) is 0.767. The normalized spacial score (nSPS) is 12.7. The van der Waals surface area contributed by atoms with Gasteiger partial charge in [-0.05, 0) is 44.4 Å². The van der Waals surface area contributed by atoms with Crippen molar-refractivity contribution in [3.63, 3.8) is 0 Å². The Bertz CT molecular complexity index is 563. The van der Waals surface area contributed by atoms with Crippen LogP contribution in [0.4, 0.5) is 9.18 Å². The summed E-state index contributed by atoms with van der Waals surface area (Å²) in [6.07, 6.45) is -0.583. The molecule has 24 heavy (non-hydrogen) atoms. The van der Waals surface area contributed by atoms with Crippen LogP contribution < -0.4 is 0 Å². The minimum Gasteiger partial charge on any atom is -0.459 e. The summed E-state index contributed by atoms with van der Waals surface area (Å²) >= 11 is 0. The number of carbonyl (C=O) groups is 2. The van der Waals surface area contributed by atoms with Crippen LogP contribution in [0, 0.1) is 11.7 Å². The van der Waals surface area contributed by atoms with Crippen LogP contribution in [-0.2, 0) is 20.9 Å². The molecule has 0 saturated heterocycles. The van der Waals surface area contributed by atoms with Gasteiger partial charge < -0.3 is 9.47 Å². The number of esters is 1. The molecule has 0 N–H and O–H groups in total. The molecule has 0 aliphatic carbocycles. The fraction of sp³-hybridized carbons (Fsp3) is 0.556. The molecule has 1 amide bonds. The Hall–Kier alpha value is -2.11. The van der Waals surface area contributed by atoms with Gasteiger partial charge in [0.25, 0.3) is 0 Å². The molecule has 0 bridgehead atoms. The van der Waals surface area contributed by atoms with E-state index in [2.05, 4.69) is 0 Å². The Morgan fingerprint density at radius 1 is 1.17 bits per heavy atom. The molecule has 0 aliphatic heterocycles. The second kappa shape index (κ2) is 8.13. The van der Waals surface area contributed by atoms with Crippen molar-refractivity contribution in [2.75, 3.05) is 7.05 Å². The lowest BCUT2D eigenvalue weighted by Gasteiger charge is -2.31. The maximum atomic E-state index is 12.9. The van der Waals surface area contributed by atoms with Crippen LogP contribution in [0.2, 0.25) is 0 Å². The highest BCUT2D eigenvalue weighted by Gasteiger charge is 2.33. The maximum Gasteiger partial charge on any atom is 0.410 e. The molecule has 0 fully saturated rings. The van der Waals surface area contributed by atoms with Gasteiger partial charge in [0.2, 0.25) is 0 Å². The SMILES string of the molecule is CC(C)[C@H](C(=O)OCc1ccc(F)cc1)N(C)C(=O)OC(C)(C)C. The van der Waals surface area contributed by atoms with Gasteiger partial charge in [0.15, 0.2) is 0 Å². The molecular formula is C18H26FNO4. The minimum atomic E-state index is -0.764. The van der Waals surface area contributed by atoms with E-state index in [-0.39, 0.29) is 18.3 Å². The largest absolute Gasteiger partial charge is 0.459 e. The predicted octanol–water partition coefficient (Wildman–Crippen LogP) is 3.76. The van der Waals surface area contributed by atoms with Gasteiger partial charge in [0.1, 0.15) is 24.1 Å². The van der Waals surface area contributed by atoms with Gasteiger partial charge in [-0.1, -0.05) is 26.0 Å². The Labute approximate surface area is 142 Å². The molecule has 0 heterocycles. The number of hydrogen-bond donors (Lipinski definition) is 0. The number of benzene rings is 1. The van der Waals surface area contributed by atoms with Gasteiger partial charge in [-0.2, -0.15) is 0 Å². The van der Waals surface area contributed by atoms with Gasteiger partial charge in [-0.15, -0.1) is 0 Å². The maximum absolute atomic E-state index is 12.9. The molecule has 6 heteroatoms. The number of rotatable bonds is 5. The molecule has 1 atom stereocenters. The molecule has 0 aliphatic rings. The Morgan fingerprint density at radius 3 is 2.17 bits per heavy atom. The van der Waals surface area contributed by atoms with Gasteiger partial charge >= 0.3 is 12.1 Å².